The largest absolute Gasteiger partial charge is 0.491 e. The summed E-state index contributed by atoms with van der Waals surface area (Å²) in [6.45, 7) is 0.538. The second kappa shape index (κ2) is 6.01. The molecule has 0 amide bonds. The Morgan fingerprint density at radius 2 is 2.24 bits per heavy atom. The van der Waals surface area contributed by atoms with Crippen LogP contribution >= 0.6 is 0 Å². The van der Waals surface area contributed by atoms with Crippen molar-refractivity contribution in [3.63, 3.8) is 0 Å². The van der Waals surface area contributed by atoms with Gasteiger partial charge in [0, 0.05) is 43.4 Å². The first-order valence-electron chi connectivity index (χ1n) is 7.93. The van der Waals surface area contributed by atoms with Gasteiger partial charge in [0.15, 0.2) is 0 Å². The van der Waals surface area contributed by atoms with E-state index in [2.05, 4.69) is 15.1 Å². The van der Waals surface area contributed by atoms with E-state index in [0.717, 1.165) is 28.1 Å². The van der Waals surface area contributed by atoms with E-state index in [1.165, 1.54) is 0 Å². The van der Waals surface area contributed by atoms with Gasteiger partial charge in [-0.3, -0.25) is 9.67 Å². The molecule has 25 heavy (non-hydrogen) atoms. The van der Waals surface area contributed by atoms with Crippen molar-refractivity contribution in [1.82, 2.24) is 19.7 Å². The van der Waals surface area contributed by atoms with Crippen LogP contribution in [0.2, 0.25) is 0 Å². The Labute approximate surface area is 143 Å². The maximum atomic E-state index is 11.3. The van der Waals surface area contributed by atoms with E-state index < -0.39 is 5.97 Å². The number of carboxylic acid groups (broad SMARTS) is 1. The first kappa shape index (κ1) is 15.3. The van der Waals surface area contributed by atoms with Crippen LogP contribution in [-0.4, -0.2) is 37.4 Å². The zero-order chi connectivity index (χ0) is 17.4. The normalized spacial score (nSPS) is 12.7. The molecule has 3 aromatic heterocycles. The predicted octanol–water partition coefficient (Wildman–Crippen LogP) is 2.10. The van der Waals surface area contributed by atoms with Gasteiger partial charge in [-0.25, -0.2) is 9.78 Å². The van der Waals surface area contributed by atoms with Gasteiger partial charge in [0.1, 0.15) is 11.4 Å². The van der Waals surface area contributed by atoms with Crippen molar-refractivity contribution in [2.45, 2.75) is 12.8 Å². The quantitative estimate of drug-likeness (QED) is 0.785. The summed E-state index contributed by atoms with van der Waals surface area (Å²) in [7, 11) is 1.86. The van der Waals surface area contributed by atoms with Crippen LogP contribution in [0.3, 0.4) is 0 Å². The number of rotatable bonds is 4. The molecule has 0 aromatic carbocycles. The highest BCUT2D eigenvalue weighted by molar-refractivity contribution is 5.86. The summed E-state index contributed by atoms with van der Waals surface area (Å²) in [6.07, 6.45) is 6.66. The molecule has 0 aliphatic carbocycles. The Hall–Kier alpha value is -3.22. The molecular formula is C18H16N4O3. The molecular weight excluding hydrogens is 320 g/mol. The van der Waals surface area contributed by atoms with E-state index in [1.807, 2.05) is 25.4 Å². The molecule has 0 unspecified atom stereocenters. The number of nitrogens with zero attached hydrogens (tertiary/aromatic N) is 4. The van der Waals surface area contributed by atoms with Gasteiger partial charge in [0.05, 0.1) is 24.2 Å². The topological polar surface area (TPSA) is 90.1 Å². The summed E-state index contributed by atoms with van der Waals surface area (Å²) in [5.74, 6) is -0.317. The lowest BCUT2D eigenvalue weighted by molar-refractivity contribution is 0.0690. The van der Waals surface area contributed by atoms with Crippen LogP contribution in [0.4, 0.5) is 0 Å². The van der Waals surface area contributed by atoms with Gasteiger partial charge in [0.2, 0.25) is 0 Å². The van der Waals surface area contributed by atoms with Crippen molar-refractivity contribution in [3.05, 3.63) is 59.3 Å². The van der Waals surface area contributed by atoms with Gasteiger partial charge in [-0.15, -0.1) is 0 Å². The zero-order valence-electron chi connectivity index (χ0n) is 13.6. The summed E-state index contributed by atoms with van der Waals surface area (Å²) in [5, 5.41) is 13.4. The maximum absolute atomic E-state index is 11.3. The number of carboxylic acids is 1. The molecule has 1 aliphatic rings. The van der Waals surface area contributed by atoms with E-state index >= 15 is 0 Å². The highest BCUT2D eigenvalue weighted by Gasteiger charge is 2.21. The number of fused-ring (bicyclic) bond motifs is 1. The van der Waals surface area contributed by atoms with Crippen LogP contribution in [0.1, 0.15) is 27.3 Å². The van der Waals surface area contributed by atoms with Crippen LogP contribution < -0.4 is 4.74 Å². The number of aryl methyl sites for hydroxylation is 1. The molecule has 4 rings (SSSR count). The third-order valence-corrected chi connectivity index (χ3v) is 4.14. The third-order valence-electron chi connectivity index (χ3n) is 4.14. The Morgan fingerprint density at radius 1 is 1.36 bits per heavy atom. The molecule has 7 nitrogen and oxygen atoms in total. The molecule has 0 saturated carbocycles. The zero-order valence-corrected chi connectivity index (χ0v) is 13.6. The van der Waals surface area contributed by atoms with Crippen molar-refractivity contribution in [3.8, 4) is 17.0 Å². The number of aromatic nitrogens is 4. The van der Waals surface area contributed by atoms with Gasteiger partial charge in [-0.05, 0) is 17.7 Å². The van der Waals surface area contributed by atoms with Crippen molar-refractivity contribution in [2.24, 2.45) is 7.05 Å². The number of carbonyl (C=O) groups is 1. The van der Waals surface area contributed by atoms with Crippen LogP contribution in [-0.2, 0) is 19.9 Å². The van der Waals surface area contributed by atoms with Crippen LogP contribution in [0.25, 0.3) is 11.3 Å². The molecule has 1 N–H and O–H groups in total. The SMILES string of the molecule is Cn1cc(-c2ccc(Cc3cc(C(=O)O)nc4c3OCC4)cn2)cn1. The van der Waals surface area contributed by atoms with Crippen molar-refractivity contribution in [2.75, 3.05) is 6.61 Å². The molecule has 0 spiro atoms. The summed E-state index contributed by atoms with van der Waals surface area (Å²) >= 11 is 0. The fourth-order valence-corrected chi connectivity index (χ4v) is 2.95. The van der Waals surface area contributed by atoms with Gasteiger partial charge >= 0.3 is 5.97 Å². The summed E-state index contributed by atoms with van der Waals surface area (Å²) < 4.78 is 7.38. The fourth-order valence-electron chi connectivity index (χ4n) is 2.95. The first-order valence-corrected chi connectivity index (χ1v) is 7.93. The fraction of sp³-hybridized carbons (Fsp3) is 0.222. The second-order valence-electron chi connectivity index (χ2n) is 5.98. The van der Waals surface area contributed by atoms with Crippen LogP contribution in [0, 0.1) is 0 Å². The van der Waals surface area contributed by atoms with Gasteiger partial charge in [-0.1, -0.05) is 6.07 Å². The Kier molecular flexibility index (Phi) is 3.68. The summed E-state index contributed by atoms with van der Waals surface area (Å²) in [6, 6.07) is 5.51. The molecule has 1 aliphatic heterocycles. The molecule has 7 heteroatoms. The summed E-state index contributed by atoms with van der Waals surface area (Å²) in [5.41, 5.74) is 4.38. The minimum Gasteiger partial charge on any atom is -0.491 e. The van der Waals surface area contributed by atoms with Crippen LogP contribution in [0.15, 0.2) is 36.8 Å². The molecule has 0 fully saturated rings. The lowest BCUT2D eigenvalue weighted by atomic mass is 10.0. The minimum atomic E-state index is -1.03. The van der Waals surface area contributed by atoms with E-state index in [4.69, 9.17) is 4.74 Å². The van der Waals surface area contributed by atoms with Crippen molar-refractivity contribution in [1.29, 1.82) is 0 Å². The number of hydrogen-bond donors (Lipinski definition) is 1. The van der Waals surface area contributed by atoms with Crippen LogP contribution in [0.5, 0.6) is 5.75 Å². The number of aromatic carboxylic acids is 1. The first-order chi connectivity index (χ1) is 12.1. The third kappa shape index (κ3) is 2.96. The summed E-state index contributed by atoms with van der Waals surface area (Å²) in [4.78, 5) is 19.9. The van der Waals surface area contributed by atoms with Crippen molar-refractivity contribution < 1.29 is 14.6 Å². The average Bonchev–Trinajstić information content (AvgIpc) is 3.24. The second-order valence-corrected chi connectivity index (χ2v) is 5.98. The van der Waals surface area contributed by atoms with E-state index in [9.17, 15) is 9.90 Å². The number of ether oxygens (including phenoxy) is 1. The Bertz CT molecular complexity index is 947. The van der Waals surface area contributed by atoms with E-state index in [-0.39, 0.29) is 5.69 Å². The average molecular weight is 336 g/mol. The van der Waals surface area contributed by atoms with E-state index in [1.54, 1.807) is 23.1 Å². The predicted molar refractivity (Wildman–Crippen MR) is 89.6 cm³/mol. The number of pyridine rings is 2. The van der Waals surface area contributed by atoms with E-state index in [0.29, 0.717) is 25.2 Å². The lowest BCUT2D eigenvalue weighted by Crippen LogP contribution is -2.05. The smallest absolute Gasteiger partial charge is 0.354 e. The van der Waals surface area contributed by atoms with Crippen molar-refractivity contribution >= 4 is 5.97 Å². The Balaban J connectivity index is 1.63. The Morgan fingerprint density at radius 3 is 2.92 bits per heavy atom. The maximum Gasteiger partial charge on any atom is 0.354 e. The number of hydrogen-bond acceptors (Lipinski definition) is 5. The highest BCUT2D eigenvalue weighted by Crippen LogP contribution is 2.30. The molecule has 0 bridgehead atoms. The molecule has 0 radical (unpaired) electrons. The van der Waals surface area contributed by atoms with Gasteiger partial charge in [-0.2, -0.15) is 5.10 Å². The standard InChI is InChI=1S/C18H16N4O3/c1-22-10-13(9-20-22)14-3-2-11(8-19-14)6-12-7-16(18(23)24)21-15-4-5-25-17(12)15/h2-3,7-10H,4-6H2,1H3,(H,23,24). The monoisotopic (exact) mass is 336 g/mol. The molecule has 4 heterocycles. The minimum absolute atomic E-state index is 0.0548. The molecule has 126 valence electrons. The van der Waals surface area contributed by atoms with Gasteiger partial charge in [0.25, 0.3) is 0 Å². The molecule has 0 saturated heterocycles. The lowest BCUT2D eigenvalue weighted by Gasteiger charge is -2.09. The van der Waals surface area contributed by atoms with Gasteiger partial charge < -0.3 is 9.84 Å². The molecule has 3 aromatic rings. The molecule has 0 atom stereocenters. The highest BCUT2D eigenvalue weighted by atomic mass is 16.5.